The van der Waals surface area contributed by atoms with Gasteiger partial charge in [-0.2, -0.15) is 13.2 Å². The first kappa shape index (κ1) is 25.4. The normalized spacial score (nSPS) is 16.4. The lowest BCUT2D eigenvalue weighted by atomic mass is 10.1. The summed E-state index contributed by atoms with van der Waals surface area (Å²) in [5, 5.41) is 8.68. The molecule has 2 rings (SSSR count). The Bertz CT molecular complexity index is 808. The van der Waals surface area contributed by atoms with E-state index < -0.39 is 43.1 Å². The van der Waals surface area contributed by atoms with Crippen molar-refractivity contribution in [3.8, 4) is 11.5 Å². The Hall–Kier alpha value is -2.90. The summed E-state index contributed by atoms with van der Waals surface area (Å²) in [6.07, 6.45) is -13.0. The van der Waals surface area contributed by atoms with Crippen molar-refractivity contribution in [3.05, 3.63) is 23.8 Å². The predicted octanol–water partition coefficient (Wildman–Crippen LogP) is 3.25. The van der Waals surface area contributed by atoms with Crippen molar-refractivity contribution in [2.45, 2.75) is 32.1 Å². The maximum Gasteiger partial charge on any atom is 0.573 e. The molecule has 8 nitrogen and oxygen atoms in total. The molecule has 1 fully saturated rings. The van der Waals surface area contributed by atoms with Crippen LogP contribution in [-0.4, -0.2) is 78.4 Å². The SMILES string of the molecule is CC(OC(=O)N1CCN(Cc2cc(OCC(=O)O)cc(OC(F)(F)F)c2)CC1)C(F)(F)F. The number of benzene rings is 1. The highest BCUT2D eigenvalue weighted by Crippen LogP contribution is 2.29. The third kappa shape index (κ3) is 8.32. The van der Waals surface area contributed by atoms with Crippen molar-refractivity contribution >= 4 is 12.1 Å². The fraction of sp³-hybridized carbons (Fsp3) is 0.556. The summed E-state index contributed by atoms with van der Waals surface area (Å²) in [7, 11) is 0. The molecule has 0 saturated carbocycles. The van der Waals surface area contributed by atoms with E-state index in [4.69, 9.17) is 9.84 Å². The van der Waals surface area contributed by atoms with Gasteiger partial charge in [-0.3, -0.25) is 4.90 Å². The third-order valence-corrected chi connectivity index (χ3v) is 4.31. The van der Waals surface area contributed by atoms with Crippen LogP contribution in [0.25, 0.3) is 0 Å². The number of alkyl halides is 6. The first-order chi connectivity index (χ1) is 14.7. The molecule has 1 aliphatic heterocycles. The van der Waals surface area contributed by atoms with Crippen LogP contribution in [0.2, 0.25) is 0 Å². The summed E-state index contributed by atoms with van der Waals surface area (Å²) in [6, 6.07) is 3.35. The molecule has 0 bridgehead atoms. The Labute approximate surface area is 178 Å². The van der Waals surface area contributed by atoms with Crippen molar-refractivity contribution in [1.82, 2.24) is 9.80 Å². The minimum atomic E-state index is -4.97. The molecule has 1 heterocycles. The lowest BCUT2D eigenvalue weighted by Crippen LogP contribution is -2.49. The van der Waals surface area contributed by atoms with Gasteiger partial charge >= 0.3 is 24.6 Å². The standard InChI is InChI=1S/C18H20F6N2O6/c1-11(17(19,20)21)31-16(29)26-4-2-25(3-5-26)9-12-6-13(30-10-15(27)28)8-14(7-12)32-18(22,23)24/h6-8,11H,2-5,9-10H2,1H3,(H,27,28). The zero-order valence-corrected chi connectivity index (χ0v) is 16.7. The van der Waals surface area contributed by atoms with Gasteiger partial charge in [-0.05, 0) is 24.6 Å². The number of aliphatic carboxylic acids is 1. The van der Waals surface area contributed by atoms with E-state index in [0.29, 0.717) is 12.5 Å². The zero-order chi connectivity index (χ0) is 24.1. The number of halogens is 6. The Balaban J connectivity index is 2.00. The second-order valence-corrected chi connectivity index (χ2v) is 6.87. The highest BCUT2D eigenvalue weighted by Gasteiger charge is 2.40. The van der Waals surface area contributed by atoms with Gasteiger partial charge in [0.05, 0.1) is 0 Å². The van der Waals surface area contributed by atoms with Crippen LogP contribution in [0.4, 0.5) is 31.1 Å². The highest BCUT2D eigenvalue weighted by atomic mass is 19.4. The number of rotatable bonds is 7. The van der Waals surface area contributed by atoms with Crippen molar-refractivity contribution < 1.29 is 55.2 Å². The van der Waals surface area contributed by atoms with Crippen LogP contribution >= 0.6 is 0 Å². The first-order valence-electron chi connectivity index (χ1n) is 9.22. The van der Waals surface area contributed by atoms with Crippen molar-refractivity contribution in [1.29, 1.82) is 0 Å². The van der Waals surface area contributed by atoms with Gasteiger partial charge < -0.3 is 24.2 Å². The average molecular weight is 474 g/mol. The lowest BCUT2D eigenvalue weighted by Gasteiger charge is -2.34. The fourth-order valence-corrected chi connectivity index (χ4v) is 2.78. The van der Waals surface area contributed by atoms with Crippen LogP contribution in [-0.2, 0) is 16.1 Å². The van der Waals surface area contributed by atoms with Gasteiger partial charge in [-0.25, -0.2) is 9.59 Å². The van der Waals surface area contributed by atoms with Gasteiger partial charge in [-0.1, -0.05) is 0 Å². The van der Waals surface area contributed by atoms with Crippen LogP contribution in [0, 0.1) is 0 Å². The Kier molecular flexibility index (Phi) is 8.04. The van der Waals surface area contributed by atoms with E-state index >= 15 is 0 Å². The predicted molar refractivity (Wildman–Crippen MR) is 95.1 cm³/mol. The molecule has 1 N–H and O–H groups in total. The number of ether oxygens (including phenoxy) is 3. The van der Waals surface area contributed by atoms with Gasteiger partial charge in [0, 0.05) is 38.8 Å². The van der Waals surface area contributed by atoms with E-state index in [1.807, 2.05) is 0 Å². The molecule has 0 spiro atoms. The van der Waals surface area contributed by atoms with Crippen LogP contribution in [0.5, 0.6) is 11.5 Å². The molecule has 0 aromatic heterocycles. The van der Waals surface area contributed by atoms with Gasteiger partial charge in [-0.15, -0.1) is 13.2 Å². The summed E-state index contributed by atoms with van der Waals surface area (Å²) in [4.78, 5) is 25.4. The third-order valence-electron chi connectivity index (χ3n) is 4.31. The number of hydrogen-bond donors (Lipinski definition) is 1. The summed E-state index contributed by atoms with van der Waals surface area (Å²) in [5.41, 5.74) is 0.314. The number of amides is 1. The first-order valence-corrected chi connectivity index (χ1v) is 9.22. The van der Waals surface area contributed by atoms with E-state index in [9.17, 15) is 35.9 Å². The van der Waals surface area contributed by atoms with Crippen LogP contribution in [0.3, 0.4) is 0 Å². The molecular weight excluding hydrogens is 454 g/mol. The van der Waals surface area contributed by atoms with Gasteiger partial charge in [0.25, 0.3) is 0 Å². The lowest BCUT2D eigenvalue weighted by molar-refractivity contribution is -0.274. The van der Waals surface area contributed by atoms with E-state index in [1.54, 1.807) is 4.90 Å². The van der Waals surface area contributed by atoms with E-state index in [-0.39, 0.29) is 38.5 Å². The monoisotopic (exact) mass is 474 g/mol. The molecule has 1 amide bonds. The van der Waals surface area contributed by atoms with E-state index in [0.717, 1.165) is 17.0 Å². The molecule has 14 heteroatoms. The summed E-state index contributed by atoms with van der Waals surface area (Å²) < 4.78 is 88.5. The smallest absolute Gasteiger partial charge is 0.482 e. The summed E-state index contributed by atoms with van der Waals surface area (Å²) >= 11 is 0. The van der Waals surface area contributed by atoms with Crippen molar-refractivity contribution in [2.24, 2.45) is 0 Å². The minimum absolute atomic E-state index is 0.0462. The zero-order valence-electron chi connectivity index (χ0n) is 16.7. The van der Waals surface area contributed by atoms with Crippen LogP contribution in [0.15, 0.2) is 18.2 Å². The summed E-state index contributed by atoms with van der Waals surface area (Å²) in [5.74, 6) is -2.07. The number of carboxylic acid groups (broad SMARTS) is 1. The van der Waals surface area contributed by atoms with E-state index in [2.05, 4.69) is 9.47 Å². The topological polar surface area (TPSA) is 88.5 Å². The molecule has 1 aliphatic rings. The maximum absolute atomic E-state index is 12.6. The quantitative estimate of drug-likeness (QED) is 0.607. The number of carboxylic acids is 1. The highest BCUT2D eigenvalue weighted by molar-refractivity contribution is 5.68. The average Bonchev–Trinajstić information content (AvgIpc) is 2.64. The Morgan fingerprint density at radius 3 is 2.16 bits per heavy atom. The number of carbonyl (C=O) groups is 2. The van der Waals surface area contributed by atoms with Gasteiger partial charge in [0.1, 0.15) is 11.5 Å². The van der Waals surface area contributed by atoms with Crippen molar-refractivity contribution in [3.63, 3.8) is 0 Å². The second kappa shape index (κ2) is 10.1. The molecular formula is C18H20F6N2O6. The second-order valence-electron chi connectivity index (χ2n) is 6.87. The summed E-state index contributed by atoms with van der Waals surface area (Å²) in [6.45, 7) is 0.561. The van der Waals surface area contributed by atoms with Gasteiger partial charge in [0.2, 0.25) is 0 Å². The number of nitrogens with zero attached hydrogens (tertiary/aromatic N) is 2. The van der Waals surface area contributed by atoms with Crippen LogP contribution < -0.4 is 9.47 Å². The molecule has 1 saturated heterocycles. The van der Waals surface area contributed by atoms with Crippen molar-refractivity contribution in [2.75, 3.05) is 32.8 Å². The van der Waals surface area contributed by atoms with Crippen LogP contribution in [0.1, 0.15) is 12.5 Å². The molecule has 1 aromatic carbocycles. The Morgan fingerprint density at radius 1 is 1.03 bits per heavy atom. The minimum Gasteiger partial charge on any atom is -0.482 e. The molecule has 1 aromatic rings. The maximum atomic E-state index is 12.6. The molecule has 32 heavy (non-hydrogen) atoms. The fourth-order valence-electron chi connectivity index (χ4n) is 2.78. The van der Waals surface area contributed by atoms with E-state index in [1.165, 1.54) is 6.07 Å². The largest absolute Gasteiger partial charge is 0.573 e. The molecule has 1 unspecified atom stereocenters. The number of piperazine rings is 1. The van der Waals surface area contributed by atoms with Gasteiger partial charge in [0.15, 0.2) is 12.7 Å². The molecule has 0 aliphatic carbocycles. The molecule has 0 radical (unpaired) electrons. The number of hydrogen-bond acceptors (Lipinski definition) is 6. The molecule has 1 atom stereocenters. The molecule has 180 valence electrons. The Morgan fingerprint density at radius 2 is 1.62 bits per heavy atom. The number of carbonyl (C=O) groups excluding carboxylic acids is 1.